The summed E-state index contributed by atoms with van der Waals surface area (Å²) >= 11 is 0. The van der Waals surface area contributed by atoms with Crippen molar-refractivity contribution in [3.05, 3.63) is 0 Å². The highest BCUT2D eigenvalue weighted by molar-refractivity contribution is 5.10. The molecule has 0 aromatic heterocycles. The topological polar surface area (TPSA) is 36.3 Å². The minimum Gasteiger partial charge on any atom is -0.378 e. The molecular weight excluding hydrogens is 164 g/mol. The molecule has 3 heteroatoms. The molecule has 0 N–H and O–H groups in total. The maximum Gasteiger partial charge on any atom is 0.119 e. The van der Waals surface area contributed by atoms with Crippen LogP contribution < -0.4 is 0 Å². The van der Waals surface area contributed by atoms with Gasteiger partial charge in [-0.15, -0.1) is 0 Å². The molecule has 74 valence electrons. The van der Waals surface area contributed by atoms with Gasteiger partial charge in [-0.2, -0.15) is 5.26 Å². The summed E-state index contributed by atoms with van der Waals surface area (Å²) in [5, 5.41) is 9.13. The lowest BCUT2D eigenvalue weighted by atomic mass is 9.77. The lowest BCUT2D eigenvalue weighted by molar-refractivity contribution is -0.115. The van der Waals surface area contributed by atoms with Crippen LogP contribution in [0.3, 0.4) is 0 Å². The van der Waals surface area contributed by atoms with Crippen LogP contribution in [0, 0.1) is 16.7 Å². The van der Waals surface area contributed by atoms with Gasteiger partial charge in [-0.1, -0.05) is 13.3 Å². The fourth-order valence-electron chi connectivity index (χ4n) is 1.96. The standard InChI is InChI=1S/C10H18N2O/c1-4-5-9(12(2)3)10(6-11)7-13-8-10/h9H,4-5,7-8H2,1-3H3. The zero-order valence-corrected chi connectivity index (χ0v) is 8.71. The van der Waals surface area contributed by atoms with Gasteiger partial charge in [0.25, 0.3) is 0 Å². The van der Waals surface area contributed by atoms with Gasteiger partial charge in [-0.05, 0) is 20.5 Å². The largest absolute Gasteiger partial charge is 0.378 e. The van der Waals surface area contributed by atoms with E-state index in [1.807, 2.05) is 14.1 Å². The van der Waals surface area contributed by atoms with Crippen molar-refractivity contribution >= 4 is 0 Å². The van der Waals surface area contributed by atoms with Crippen molar-refractivity contribution in [2.75, 3.05) is 27.3 Å². The molecule has 1 atom stereocenters. The SMILES string of the molecule is CCCC(N(C)C)C1(C#N)COC1. The number of ether oxygens (including phenoxy) is 1. The summed E-state index contributed by atoms with van der Waals surface area (Å²) in [7, 11) is 4.08. The number of rotatable bonds is 4. The molecule has 0 amide bonds. The molecule has 0 aromatic rings. The zero-order valence-electron chi connectivity index (χ0n) is 8.71. The lowest BCUT2D eigenvalue weighted by Crippen LogP contribution is -2.55. The van der Waals surface area contributed by atoms with Crippen molar-refractivity contribution < 1.29 is 4.74 Å². The molecule has 1 saturated heterocycles. The van der Waals surface area contributed by atoms with Crippen molar-refractivity contribution in [3.63, 3.8) is 0 Å². The highest BCUT2D eigenvalue weighted by Crippen LogP contribution is 2.35. The summed E-state index contributed by atoms with van der Waals surface area (Å²) < 4.78 is 5.16. The summed E-state index contributed by atoms with van der Waals surface area (Å²) in [6, 6.07) is 2.76. The van der Waals surface area contributed by atoms with E-state index in [-0.39, 0.29) is 5.41 Å². The Kier molecular flexibility index (Phi) is 3.29. The van der Waals surface area contributed by atoms with E-state index in [2.05, 4.69) is 17.9 Å². The summed E-state index contributed by atoms with van der Waals surface area (Å²) in [5.74, 6) is 0. The molecule has 1 unspecified atom stereocenters. The minimum atomic E-state index is -0.237. The van der Waals surface area contributed by atoms with Crippen LogP contribution in [0.25, 0.3) is 0 Å². The molecule has 0 spiro atoms. The molecule has 0 saturated carbocycles. The average Bonchev–Trinajstić information content (AvgIpc) is 2.01. The molecule has 3 nitrogen and oxygen atoms in total. The molecule has 0 aromatic carbocycles. The Bertz CT molecular complexity index is 203. The van der Waals surface area contributed by atoms with Gasteiger partial charge in [0.1, 0.15) is 5.41 Å². The first-order valence-corrected chi connectivity index (χ1v) is 4.81. The van der Waals surface area contributed by atoms with Crippen LogP contribution in [0.15, 0.2) is 0 Å². The normalized spacial score (nSPS) is 22.1. The second kappa shape index (κ2) is 4.08. The van der Waals surface area contributed by atoms with Crippen LogP contribution in [0.2, 0.25) is 0 Å². The molecule has 0 radical (unpaired) electrons. The number of hydrogen-bond acceptors (Lipinski definition) is 3. The van der Waals surface area contributed by atoms with E-state index in [1.165, 1.54) is 0 Å². The summed E-state index contributed by atoms with van der Waals surface area (Å²) in [6.07, 6.45) is 2.19. The van der Waals surface area contributed by atoms with Gasteiger partial charge in [0.05, 0.1) is 19.3 Å². The molecule has 1 heterocycles. The Morgan fingerprint density at radius 1 is 1.54 bits per heavy atom. The van der Waals surface area contributed by atoms with E-state index < -0.39 is 0 Å². The van der Waals surface area contributed by atoms with E-state index in [4.69, 9.17) is 10.00 Å². The molecule has 1 fully saturated rings. The van der Waals surface area contributed by atoms with Crippen LogP contribution >= 0.6 is 0 Å². The predicted molar refractivity (Wildman–Crippen MR) is 51.2 cm³/mol. The van der Waals surface area contributed by atoms with Crippen molar-refractivity contribution in [3.8, 4) is 6.07 Å². The zero-order chi connectivity index (χ0) is 9.90. The first kappa shape index (κ1) is 10.5. The van der Waals surface area contributed by atoms with Gasteiger partial charge < -0.3 is 9.64 Å². The molecule has 13 heavy (non-hydrogen) atoms. The summed E-state index contributed by atoms with van der Waals surface area (Å²) in [5.41, 5.74) is -0.237. The average molecular weight is 182 g/mol. The second-order valence-electron chi connectivity index (χ2n) is 4.03. The number of hydrogen-bond donors (Lipinski definition) is 0. The van der Waals surface area contributed by atoms with E-state index in [1.54, 1.807) is 0 Å². The summed E-state index contributed by atoms with van der Waals surface area (Å²) in [4.78, 5) is 2.15. The molecule has 1 rings (SSSR count). The van der Waals surface area contributed by atoms with Crippen molar-refractivity contribution in [1.29, 1.82) is 5.26 Å². The van der Waals surface area contributed by atoms with Crippen molar-refractivity contribution in [2.45, 2.75) is 25.8 Å². The minimum absolute atomic E-state index is 0.237. The second-order valence-corrected chi connectivity index (χ2v) is 4.03. The quantitative estimate of drug-likeness (QED) is 0.656. The number of nitriles is 1. The van der Waals surface area contributed by atoms with Crippen LogP contribution in [0.5, 0.6) is 0 Å². The Balaban J connectivity index is 2.68. The van der Waals surface area contributed by atoms with Crippen LogP contribution in [-0.4, -0.2) is 38.3 Å². The lowest BCUT2D eigenvalue weighted by Gasteiger charge is -2.44. The smallest absolute Gasteiger partial charge is 0.119 e. The fourth-order valence-corrected chi connectivity index (χ4v) is 1.96. The van der Waals surface area contributed by atoms with E-state index in [9.17, 15) is 0 Å². The van der Waals surface area contributed by atoms with Crippen LogP contribution in [0.1, 0.15) is 19.8 Å². The molecule has 0 bridgehead atoms. The van der Waals surface area contributed by atoms with Gasteiger partial charge >= 0.3 is 0 Å². The van der Waals surface area contributed by atoms with Gasteiger partial charge in [0, 0.05) is 6.04 Å². The Morgan fingerprint density at radius 2 is 2.15 bits per heavy atom. The summed E-state index contributed by atoms with van der Waals surface area (Å²) in [6.45, 7) is 3.36. The van der Waals surface area contributed by atoms with Gasteiger partial charge in [-0.3, -0.25) is 0 Å². The third-order valence-corrected chi connectivity index (χ3v) is 2.77. The third-order valence-electron chi connectivity index (χ3n) is 2.77. The third kappa shape index (κ3) is 1.84. The number of nitrogens with zero attached hydrogens (tertiary/aromatic N) is 2. The highest BCUT2D eigenvalue weighted by Gasteiger charge is 2.46. The molecular formula is C10H18N2O. The van der Waals surface area contributed by atoms with Crippen molar-refractivity contribution in [1.82, 2.24) is 4.90 Å². The fraction of sp³-hybridized carbons (Fsp3) is 0.900. The van der Waals surface area contributed by atoms with Crippen molar-refractivity contribution in [2.24, 2.45) is 5.41 Å². The molecule has 1 aliphatic heterocycles. The van der Waals surface area contributed by atoms with Crippen LogP contribution in [-0.2, 0) is 4.74 Å². The Labute approximate surface area is 80.3 Å². The first-order chi connectivity index (χ1) is 6.16. The Morgan fingerprint density at radius 3 is 2.38 bits per heavy atom. The van der Waals surface area contributed by atoms with Crippen LogP contribution in [0.4, 0.5) is 0 Å². The maximum absolute atomic E-state index is 9.13. The van der Waals surface area contributed by atoms with E-state index in [0.29, 0.717) is 19.3 Å². The van der Waals surface area contributed by atoms with Gasteiger partial charge in [0.15, 0.2) is 0 Å². The monoisotopic (exact) mass is 182 g/mol. The van der Waals surface area contributed by atoms with E-state index >= 15 is 0 Å². The first-order valence-electron chi connectivity index (χ1n) is 4.81. The maximum atomic E-state index is 9.13. The molecule has 0 aliphatic carbocycles. The van der Waals surface area contributed by atoms with E-state index in [0.717, 1.165) is 12.8 Å². The van der Waals surface area contributed by atoms with Gasteiger partial charge in [0.2, 0.25) is 0 Å². The molecule has 1 aliphatic rings. The Hall–Kier alpha value is -0.590. The van der Waals surface area contributed by atoms with Gasteiger partial charge in [-0.25, -0.2) is 0 Å². The highest BCUT2D eigenvalue weighted by atomic mass is 16.5. The predicted octanol–water partition coefficient (Wildman–Crippen LogP) is 1.26.